The molecule has 20 heavy (non-hydrogen) atoms. The average Bonchev–Trinajstić information content (AvgIpc) is 2.38. The van der Waals surface area contributed by atoms with Gasteiger partial charge in [-0.1, -0.05) is 13.8 Å². The zero-order valence-corrected chi connectivity index (χ0v) is 12.7. The minimum absolute atomic E-state index is 0.0145. The Morgan fingerprint density at radius 3 is 2.75 bits per heavy atom. The van der Waals surface area contributed by atoms with E-state index in [1.807, 2.05) is 31.1 Å². The quantitative estimate of drug-likeness (QED) is 0.885. The maximum Gasteiger partial charge on any atom is 0.242 e. The van der Waals surface area contributed by atoms with Gasteiger partial charge in [-0.15, -0.1) is 0 Å². The van der Waals surface area contributed by atoms with Gasteiger partial charge in [0.1, 0.15) is 5.82 Å². The molecule has 110 valence electrons. The molecule has 1 aromatic rings. The summed E-state index contributed by atoms with van der Waals surface area (Å²) in [6.45, 7) is 5.17. The number of amides is 1. The fourth-order valence-corrected chi connectivity index (χ4v) is 2.60. The lowest BCUT2D eigenvalue weighted by Crippen LogP contribution is -2.53. The second kappa shape index (κ2) is 5.79. The van der Waals surface area contributed by atoms with E-state index in [2.05, 4.69) is 29.5 Å². The molecule has 1 saturated heterocycles. The molecule has 0 spiro atoms. The summed E-state index contributed by atoms with van der Waals surface area (Å²) in [6.07, 6.45) is 3.88. The van der Waals surface area contributed by atoms with Crippen molar-refractivity contribution in [2.45, 2.75) is 32.7 Å². The molecule has 0 saturated carbocycles. The van der Waals surface area contributed by atoms with E-state index < -0.39 is 0 Å². The third-order valence-electron chi connectivity index (χ3n) is 3.86. The van der Waals surface area contributed by atoms with Crippen molar-refractivity contribution in [2.75, 3.05) is 30.9 Å². The number of hydrogen-bond donors (Lipinski definition) is 2. The second-order valence-corrected chi connectivity index (χ2v) is 6.27. The highest BCUT2D eigenvalue weighted by Crippen LogP contribution is 2.30. The van der Waals surface area contributed by atoms with Gasteiger partial charge in [-0.05, 0) is 36.9 Å². The maximum absolute atomic E-state index is 12.4. The third-order valence-corrected chi connectivity index (χ3v) is 3.86. The van der Waals surface area contributed by atoms with Gasteiger partial charge in [0.2, 0.25) is 5.91 Å². The molecule has 2 heterocycles. The Kier molecular flexibility index (Phi) is 4.28. The van der Waals surface area contributed by atoms with Crippen LogP contribution < -0.4 is 15.5 Å². The van der Waals surface area contributed by atoms with Crippen molar-refractivity contribution in [2.24, 2.45) is 5.41 Å². The molecule has 0 bridgehead atoms. The van der Waals surface area contributed by atoms with Gasteiger partial charge in [-0.2, -0.15) is 0 Å². The van der Waals surface area contributed by atoms with Gasteiger partial charge in [0.15, 0.2) is 0 Å². The number of anilines is 2. The van der Waals surface area contributed by atoms with Crippen LogP contribution in [0.1, 0.15) is 26.7 Å². The van der Waals surface area contributed by atoms with E-state index in [4.69, 9.17) is 0 Å². The lowest BCUT2D eigenvalue weighted by Gasteiger charge is -2.38. The van der Waals surface area contributed by atoms with E-state index in [1.165, 1.54) is 0 Å². The molecule has 0 aromatic carbocycles. The average molecular weight is 276 g/mol. The van der Waals surface area contributed by atoms with Gasteiger partial charge < -0.3 is 15.5 Å². The van der Waals surface area contributed by atoms with Gasteiger partial charge in [0, 0.05) is 14.1 Å². The summed E-state index contributed by atoms with van der Waals surface area (Å²) in [4.78, 5) is 18.6. The Labute approximate surface area is 120 Å². The third kappa shape index (κ3) is 3.28. The number of carbonyl (C=O) groups excluding carboxylic acids is 1. The summed E-state index contributed by atoms with van der Waals surface area (Å²) < 4.78 is 0. The normalized spacial score (nSPS) is 21.3. The monoisotopic (exact) mass is 276 g/mol. The summed E-state index contributed by atoms with van der Waals surface area (Å²) in [6, 6.07) is 3.63. The number of piperidine rings is 1. The molecular weight excluding hydrogens is 252 g/mol. The summed E-state index contributed by atoms with van der Waals surface area (Å²) in [7, 11) is 3.88. The van der Waals surface area contributed by atoms with Crippen LogP contribution in [0.5, 0.6) is 0 Å². The van der Waals surface area contributed by atoms with Crippen LogP contribution in [0.4, 0.5) is 11.5 Å². The van der Waals surface area contributed by atoms with Crippen LogP contribution in [0.15, 0.2) is 18.3 Å². The minimum Gasteiger partial charge on any atom is -0.363 e. The van der Waals surface area contributed by atoms with Crippen molar-refractivity contribution in [3.8, 4) is 0 Å². The van der Waals surface area contributed by atoms with Crippen LogP contribution in [0.3, 0.4) is 0 Å². The standard InChI is InChI=1S/C15H24N4O/c1-15(2)8-5-9-16-13(15)14(20)18-11-6-7-12(17-10-11)19(3)4/h6-7,10,13,16H,5,8-9H2,1-4H3,(H,18,20). The minimum atomic E-state index is -0.148. The highest BCUT2D eigenvalue weighted by molar-refractivity contribution is 5.95. The lowest BCUT2D eigenvalue weighted by atomic mass is 9.77. The first kappa shape index (κ1) is 14.8. The van der Waals surface area contributed by atoms with Gasteiger partial charge in [0.05, 0.1) is 17.9 Å². The van der Waals surface area contributed by atoms with Crippen molar-refractivity contribution in [3.05, 3.63) is 18.3 Å². The van der Waals surface area contributed by atoms with Gasteiger partial charge >= 0.3 is 0 Å². The molecule has 1 aromatic heterocycles. The lowest BCUT2D eigenvalue weighted by molar-refractivity contribution is -0.121. The highest BCUT2D eigenvalue weighted by Gasteiger charge is 2.37. The predicted molar refractivity (Wildman–Crippen MR) is 82.0 cm³/mol. The van der Waals surface area contributed by atoms with Crippen molar-refractivity contribution in [3.63, 3.8) is 0 Å². The fraction of sp³-hybridized carbons (Fsp3) is 0.600. The van der Waals surface area contributed by atoms with E-state index in [0.717, 1.165) is 30.9 Å². The Morgan fingerprint density at radius 2 is 2.20 bits per heavy atom. The zero-order chi connectivity index (χ0) is 14.8. The summed E-state index contributed by atoms with van der Waals surface area (Å²) in [5.41, 5.74) is 0.725. The molecular formula is C15H24N4O. The second-order valence-electron chi connectivity index (χ2n) is 6.27. The van der Waals surface area contributed by atoms with E-state index in [9.17, 15) is 4.79 Å². The molecule has 1 unspecified atom stereocenters. The smallest absolute Gasteiger partial charge is 0.242 e. The number of nitrogens with zero attached hydrogens (tertiary/aromatic N) is 2. The van der Waals surface area contributed by atoms with E-state index in [-0.39, 0.29) is 17.4 Å². The van der Waals surface area contributed by atoms with Crippen LogP contribution in [-0.4, -0.2) is 37.6 Å². The fourth-order valence-electron chi connectivity index (χ4n) is 2.60. The van der Waals surface area contributed by atoms with Crippen molar-refractivity contribution in [1.82, 2.24) is 10.3 Å². The number of hydrogen-bond acceptors (Lipinski definition) is 4. The molecule has 1 amide bonds. The molecule has 1 aliphatic rings. The summed E-state index contributed by atoms with van der Waals surface area (Å²) >= 11 is 0. The van der Waals surface area contributed by atoms with Crippen LogP contribution in [0, 0.1) is 5.41 Å². The van der Waals surface area contributed by atoms with Crippen LogP contribution in [0.2, 0.25) is 0 Å². The zero-order valence-electron chi connectivity index (χ0n) is 12.7. The SMILES string of the molecule is CN(C)c1ccc(NC(=O)C2NCCCC2(C)C)cn1. The largest absolute Gasteiger partial charge is 0.363 e. The Hall–Kier alpha value is -1.62. The molecule has 0 aliphatic carbocycles. The van der Waals surface area contributed by atoms with Crippen molar-refractivity contribution in [1.29, 1.82) is 0 Å². The Morgan fingerprint density at radius 1 is 1.45 bits per heavy atom. The van der Waals surface area contributed by atoms with Crippen LogP contribution in [-0.2, 0) is 4.79 Å². The van der Waals surface area contributed by atoms with Gasteiger partial charge in [-0.3, -0.25) is 4.79 Å². The molecule has 0 radical (unpaired) electrons. The number of nitrogens with one attached hydrogen (secondary N) is 2. The molecule has 1 aliphatic heterocycles. The topological polar surface area (TPSA) is 57.3 Å². The van der Waals surface area contributed by atoms with E-state index >= 15 is 0 Å². The molecule has 5 heteroatoms. The van der Waals surface area contributed by atoms with E-state index in [0.29, 0.717) is 0 Å². The number of carbonyl (C=O) groups is 1. The van der Waals surface area contributed by atoms with E-state index in [1.54, 1.807) is 6.20 Å². The maximum atomic E-state index is 12.4. The Bertz CT molecular complexity index is 467. The molecule has 2 N–H and O–H groups in total. The number of aromatic nitrogens is 1. The van der Waals surface area contributed by atoms with Crippen molar-refractivity contribution < 1.29 is 4.79 Å². The predicted octanol–water partition coefficient (Wildman–Crippen LogP) is 1.86. The van der Waals surface area contributed by atoms with Gasteiger partial charge in [-0.25, -0.2) is 4.98 Å². The van der Waals surface area contributed by atoms with Gasteiger partial charge in [0.25, 0.3) is 0 Å². The number of rotatable bonds is 3. The molecule has 1 fully saturated rings. The summed E-state index contributed by atoms with van der Waals surface area (Å²) in [5, 5.41) is 6.27. The molecule has 2 rings (SSSR count). The Balaban J connectivity index is 2.03. The number of pyridine rings is 1. The molecule has 5 nitrogen and oxygen atoms in total. The first-order valence-electron chi connectivity index (χ1n) is 7.08. The first-order chi connectivity index (χ1) is 9.40. The van der Waals surface area contributed by atoms with Crippen LogP contribution in [0.25, 0.3) is 0 Å². The van der Waals surface area contributed by atoms with Crippen LogP contribution >= 0.6 is 0 Å². The van der Waals surface area contributed by atoms with Crippen molar-refractivity contribution >= 4 is 17.4 Å². The molecule has 1 atom stereocenters. The first-order valence-corrected chi connectivity index (χ1v) is 7.08. The summed E-state index contributed by atoms with van der Waals surface area (Å²) in [5.74, 6) is 0.897. The highest BCUT2D eigenvalue weighted by atomic mass is 16.2.